The molecule has 5 rings (SSSR count). The van der Waals surface area contributed by atoms with Gasteiger partial charge in [-0.3, -0.25) is 15.0 Å². The smallest absolute Gasteiger partial charge is 0.311 e. The molecule has 1 saturated heterocycles. The molecule has 0 radical (unpaired) electrons. The molecule has 192 valence electrons. The predicted octanol–water partition coefficient (Wildman–Crippen LogP) is 4.75. The van der Waals surface area contributed by atoms with Gasteiger partial charge in [-0.15, -0.1) is 0 Å². The topological polar surface area (TPSA) is 112 Å². The number of carboxylic acid groups (broad SMARTS) is 1. The van der Waals surface area contributed by atoms with Crippen molar-refractivity contribution in [3.8, 4) is 5.75 Å². The summed E-state index contributed by atoms with van der Waals surface area (Å²) in [5, 5.41) is 26.1. The van der Waals surface area contributed by atoms with Crippen molar-refractivity contribution in [3.05, 3.63) is 113 Å². The van der Waals surface area contributed by atoms with Crippen LogP contribution in [-0.4, -0.2) is 42.0 Å². The molecule has 0 spiro atoms. The molecule has 2 atom stereocenters. The van der Waals surface area contributed by atoms with Gasteiger partial charge < -0.3 is 20.5 Å². The van der Waals surface area contributed by atoms with E-state index in [4.69, 9.17) is 10.1 Å². The van der Waals surface area contributed by atoms with E-state index in [1.54, 1.807) is 30.3 Å². The maximum Gasteiger partial charge on any atom is 0.311 e. The van der Waals surface area contributed by atoms with Gasteiger partial charge in [0, 0.05) is 17.7 Å². The van der Waals surface area contributed by atoms with Crippen molar-refractivity contribution in [2.45, 2.75) is 24.9 Å². The van der Waals surface area contributed by atoms with Crippen molar-refractivity contribution >= 4 is 28.5 Å². The van der Waals surface area contributed by atoms with Crippen molar-refractivity contribution in [1.82, 2.24) is 10.6 Å². The number of benzene rings is 4. The molecule has 7 heteroatoms. The summed E-state index contributed by atoms with van der Waals surface area (Å²) in [6, 6.07) is 27.5. The summed E-state index contributed by atoms with van der Waals surface area (Å²) in [5.41, 5.74) is 2.64. The highest BCUT2D eigenvalue weighted by Crippen LogP contribution is 2.27. The Kier molecular flexibility index (Phi) is 7.47. The maximum absolute atomic E-state index is 12.5. The Balaban J connectivity index is 1.31. The number of hydrogen-bond donors (Lipinski definition) is 4. The standard InChI is InChI=1S/C31H29N3O4/c32-29(34-30(35)23-4-2-1-3-5-23)24-9-8-21-7-6-20(16-25(21)18-24)17-28(31(36)37)22-10-12-26(13-11-22)38-27-14-15-33-19-27/h1-13,16,18,27-28,33H,14-15,17,19H2,(H,36,37)(H2,32,34,35)/t27-,28-/m0/s1. The Morgan fingerprint density at radius 1 is 0.947 bits per heavy atom. The average Bonchev–Trinajstić information content (AvgIpc) is 3.45. The molecular weight excluding hydrogens is 478 g/mol. The van der Waals surface area contributed by atoms with Gasteiger partial charge in [-0.2, -0.15) is 0 Å². The average molecular weight is 508 g/mol. The lowest BCUT2D eigenvalue weighted by Crippen LogP contribution is -2.30. The summed E-state index contributed by atoms with van der Waals surface area (Å²) < 4.78 is 5.96. The quantitative estimate of drug-likeness (QED) is 0.203. The molecule has 4 aromatic rings. The Bertz CT molecular complexity index is 1460. The molecule has 0 saturated carbocycles. The van der Waals surface area contributed by atoms with E-state index in [2.05, 4.69) is 10.6 Å². The lowest BCUT2D eigenvalue weighted by molar-refractivity contribution is -0.138. The molecule has 4 N–H and O–H groups in total. The normalized spacial score (nSPS) is 15.6. The number of carbonyl (C=O) groups is 2. The van der Waals surface area contributed by atoms with Gasteiger partial charge in [0.25, 0.3) is 5.91 Å². The zero-order valence-corrected chi connectivity index (χ0v) is 20.8. The minimum absolute atomic E-state index is 0.00487. The first-order valence-corrected chi connectivity index (χ1v) is 12.6. The number of fused-ring (bicyclic) bond motifs is 1. The fraction of sp³-hybridized carbons (Fsp3) is 0.194. The van der Waals surface area contributed by atoms with Gasteiger partial charge in [-0.25, -0.2) is 0 Å². The second kappa shape index (κ2) is 11.3. The van der Waals surface area contributed by atoms with Crippen LogP contribution in [0.3, 0.4) is 0 Å². The largest absolute Gasteiger partial charge is 0.489 e. The van der Waals surface area contributed by atoms with Crippen LogP contribution in [0.15, 0.2) is 91.0 Å². The zero-order chi connectivity index (χ0) is 26.5. The van der Waals surface area contributed by atoms with Crippen LogP contribution in [-0.2, 0) is 11.2 Å². The third-order valence-electron chi connectivity index (χ3n) is 6.81. The summed E-state index contributed by atoms with van der Waals surface area (Å²) in [5.74, 6) is -1.19. The summed E-state index contributed by atoms with van der Waals surface area (Å²) in [4.78, 5) is 24.6. The zero-order valence-electron chi connectivity index (χ0n) is 20.8. The number of carboxylic acids is 1. The third-order valence-corrected chi connectivity index (χ3v) is 6.81. The van der Waals surface area contributed by atoms with Gasteiger partial charge >= 0.3 is 5.97 Å². The molecule has 1 aliphatic heterocycles. The van der Waals surface area contributed by atoms with E-state index in [0.29, 0.717) is 23.1 Å². The second-order valence-corrected chi connectivity index (χ2v) is 9.49. The third kappa shape index (κ3) is 5.90. The molecule has 0 unspecified atom stereocenters. The van der Waals surface area contributed by atoms with E-state index >= 15 is 0 Å². The Morgan fingerprint density at radius 2 is 1.71 bits per heavy atom. The fourth-order valence-electron chi connectivity index (χ4n) is 4.71. The number of rotatable bonds is 8. The molecule has 0 aliphatic carbocycles. The minimum Gasteiger partial charge on any atom is -0.489 e. The van der Waals surface area contributed by atoms with E-state index < -0.39 is 11.9 Å². The highest BCUT2D eigenvalue weighted by atomic mass is 16.5. The highest BCUT2D eigenvalue weighted by molar-refractivity contribution is 6.12. The number of nitrogens with one attached hydrogen (secondary N) is 3. The second-order valence-electron chi connectivity index (χ2n) is 9.49. The molecule has 1 amide bonds. The number of aliphatic carboxylic acids is 1. The number of amides is 1. The molecule has 38 heavy (non-hydrogen) atoms. The van der Waals surface area contributed by atoms with Gasteiger partial charge in [-0.05, 0) is 71.6 Å². The van der Waals surface area contributed by atoms with Gasteiger partial charge in [-0.1, -0.05) is 60.7 Å². The van der Waals surface area contributed by atoms with Crippen molar-refractivity contribution in [2.24, 2.45) is 0 Å². The Morgan fingerprint density at radius 3 is 2.42 bits per heavy atom. The molecule has 7 nitrogen and oxygen atoms in total. The maximum atomic E-state index is 12.5. The fourth-order valence-corrected chi connectivity index (χ4v) is 4.71. The summed E-state index contributed by atoms with van der Waals surface area (Å²) >= 11 is 0. The molecular formula is C31H29N3O4. The van der Waals surface area contributed by atoms with Gasteiger partial charge in [0.1, 0.15) is 17.7 Å². The SMILES string of the molecule is N=C(NC(=O)c1ccccc1)c1ccc2ccc(C[C@H](C(=O)O)c3ccc(O[C@H]4CCNC4)cc3)cc2c1. The van der Waals surface area contributed by atoms with E-state index in [1.165, 1.54) is 0 Å². The highest BCUT2D eigenvalue weighted by Gasteiger charge is 2.22. The van der Waals surface area contributed by atoms with Gasteiger partial charge in [0.2, 0.25) is 0 Å². The molecule has 0 aromatic heterocycles. The van der Waals surface area contributed by atoms with Crippen LogP contribution in [0.2, 0.25) is 0 Å². The summed E-state index contributed by atoms with van der Waals surface area (Å²) in [6.45, 7) is 1.77. The van der Waals surface area contributed by atoms with E-state index in [9.17, 15) is 14.7 Å². The lowest BCUT2D eigenvalue weighted by atomic mass is 9.91. The molecule has 4 aromatic carbocycles. The van der Waals surface area contributed by atoms with Crippen molar-refractivity contribution in [1.29, 1.82) is 5.41 Å². The Hall–Kier alpha value is -4.49. The summed E-state index contributed by atoms with van der Waals surface area (Å²) in [7, 11) is 0. The van der Waals surface area contributed by atoms with E-state index in [-0.39, 0.29) is 17.8 Å². The van der Waals surface area contributed by atoms with Crippen molar-refractivity contribution in [2.75, 3.05) is 13.1 Å². The molecule has 1 heterocycles. The van der Waals surface area contributed by atoms with E-state index in [1.807, 2.05) is 60.7 Å². The van der Waals surface area contributed by atoms with E-state index in [0.717, 1.165) is 41.6 Å². The minimum atomic E-state index is -0.891. The first-order valence-electron chi connectivity index (χ1n) is 12.6. The lowest BCUT2D eigenvalue weighted by Gasteiger charge is -2.16. The number of amidine groups is 1. The van der Waals surface area contributed by atoms with Crippen LogP contribution in [0.5, 0.6) is 5.75 Å². The van der Waals surface area contributed by atoms with Crippen LogP contribution in [0.25, 0.3) is 10.8 Å². The molecule has 0 bridgehead atoms. The van der Waals surface area contributed by atoms with Gasteiger partial charge in [0.15, 0.2) is 0 Å². The predicted molar refractivity (Wildman–Crippen MR) is 147 cm³/mol. The van der Waals surface area contributed by atoms with Gasteiger partial charge in [0.05, 0.1) is 5.92 Å². The van der Waals surface area contributed by atoms with Crippen LogP contribution in [0.1, 0.15) is 39.4 Å². The molecule has 1 aliphatic rings. The van der Waals surface area contributed by atoms with Crippen molar-refractivity contribution in [3.63, 3.8) is 0 Å². The molecule has 1 fully saturated rings. The van der Waals surface area contributed by atoms with Crippen molar-refractivity contribution < 1.29 is 19.4 Å². The first kappa shape index (κ1) is 25.2. The Labute approximate surface area is 221 Å². The number of carbonyl (C=O) groups excluding carboxylic acids is 1. The van der Waals surface area contributed by atoms with Crippen LogP contribution < -0.4 is 15.4 Å². The van der Waals surface area contributed by atoms with Crippen LogP contribution >= 0.6 is 0 Å². The first-order chi connectivity index (χ1) is 18.5. The summed E-state index contributed by atoms with van der Waals surface area (Å²) in [6.07, 6.45) is 1.43. The number of ether oxygens (including phenoxy) is 1. The number of hydrogen-bond acceptors (Lipinski definition) is 5. The van der Waals surface area contributed by atoms with Crippen LogP contribution in [0, 0.1) is 5.41 Å². The monoisotopic (exact) mass is 507 g/mol. The van der Waals surface area contributed by atoms with Crippen LogP contribution in [0.4, 0.5) is 0 Å².